The van der Waals surface area contributed by atoms with Crippen LogP contribution in [-0.4, -0.2) is 24.3 Å². The molecule has 0 bridgehead atoms. The van der Waals surface area contributed by atoms with Crippen molar-refractivity contribution in [3.05, 3.63) is 24.0 Å². The Kier molecular flexibility index (Phi) is 6.97. The van der Waals surface area contributed by atoms with Gasteiger partial charge in [-0.05, 0) is 30.5 Å². The van der Waals surface area contributed by atoms with E-state index in [4.69, 9.17) is 4.74 Å². The van der Waals surface area contributed by atoms with Gasteiger partial charge in [-0.25, -0.2) is 0 Å². The molecule has 0 fully saturated rings. The van der Waals surface area contributed by atoms with Crippen LogP contribution < -0.4 is 5.32 Å². The maximum atomic E-state index is 5.57. The molecular formula is C14H26N2O. The Morgan fingerprint density at radius 1 is 1.41 bits per heavy atom. The summed E-state index contributed by atoms with van der Waals surface area (Å²) in [7, 11) is 0. The van der Waals surface area contributed by atoms with Gasteiger partial charge >= 0.3 is 0 Å². The molecule has 0 radical (unpaired) electrons. The van der Waals surface area contributed by atoms with Crippen LogP contribution in [0.3, 0.4) is 0 Å². The molecule has 0 unspecified atom stereocenters. The second-order valence-corrected chi connectivity index (χ2v) is 4.90. The number of hydrogen-bond donors (Lipinski definition) is 1. The van der Waals surface area contributed by atoms with Crippen LogP contribution in [0.5, 0.6) is 0 Å². The SMILES string of the molecule is CCCNCc1ccn(CCOCC(C)C)c1. The van der Waals surface area contributed by atoms with E-state index in [0.29, 0.717) is 5.92 Å². The molecule has 0 saturated carbocycles. The quantitative estimate of drug-likeness (QED) is 0.669. The Morgan fingerprint density at radius 3 is 2.94 bits per heavy atom. The summed E-state index contributed by atoms with van der Waals surface area (Å²) in [6.45, 7) is 11.2. The third-order valence-corrected chi connectivity index (χ3v) is 2.51. The second-order valence-electron chi connectivity index (χ2n) is 4.90. The van der Waals surface area contributed by atoms with Crippen molar-refractivity contribution in [2.75, 3.05) is 19.8 Å². The van der Waals surface area contributed by atoms with E-state index in [1.807, 2.05) is 0 Å². The highest BCUT2D eigenvalue weighted by Gasteiger charge is 1.97. The highest BCUT2D eigenvalue weighted by Crippen LogP contribution is 2.01. The molecule has 3 heteroatoms. The van der Waals surface area contributed by atoms with Gasteiger partial charge in [0.05, 0.1) is 6.61 Å². The molecule has 1 aromatic heterocycles. The summed E-state index contributed by atoms with van der Waals surface area (Å²) in [4.78, 5) is 0. The van der Waals surface area contributed by atoms with Crippen molar-refractivity contribution in [3.8, 4) is 0 Å². The molecule has 0 atom stereocenters. The van der Waals surface area contributed by atoms with Crippen molar-refractivity contribution >= 4 is 0 Å². The van der Waals surface area contributed by atoms with Gasteiger partial charge < -0.3 is 14.6 Å². The lowest BCUT2D eigenvalue weighted by molar-refractivity contribution is 0.103. The minimum Gasteiger partial charge on any atom is -0.379 e. The van der Waals surface area contributed by atoms with Crippen molar-refractivity contribution in [2.24, 2.45) is 5.92 Å². The van der Waals surface area contributed by atoms with E-state index in [1.165, 1.54) is 12.0 Å². The number of ether oxygens (including phenoxy) is 1. The summed E-state index contributed by atoms with van der Waals surface area (Å²) >= 11 is 0. The predicted molar refractivity (Wildman–Crippen MR) is 72.1 cm³/mol. The number of rotatable bonds is 9. The lowest BCUT2D eigenvalue weighted by Gasteiger charge is -2.07. The molecule has 1 rings (SSSR count). The molecular weight excluding hydrogens is 212 g/mol. The summed E-state index contributed by atoms with van der Waals surface area (Å²) in [6.07, 6.45) is 5.51. The molecule has 0 aliphatic carbocycles. The van der Waals surface area contributed by atoms with Crippen molar-refractivity contribution in [1.82, 2.24) is 9.88 Å². The lowest BCUT2D eigenvalue weighted by Crippen LogP contribution is -2.13. The van der Waals surface area contributed by atoms with Gasteiger partial charge in [-0.1, -0.05) is 20.8 Å². The molecule has 1 aromatic rings. The zero-order valence-corrected chi connectivity index (χ0v) is 11.4. The second kappa shape index (κ2) is 8.31. The van der Waals surface area contributed by atoms with Gasteiger partial charge in [0.2, 0.25) is 0 Å². The van der Waals surface area contributed by atoms with E-state index >= 15 is 0 Å². The van der Waals surface area contributed by atoms with E-state index in [-0.39, 0.29) is 0 Å². The zero-order valence-electron chi connectivity index (χ0n) is 11.4. The topological polar surface area (TPSA) is 26.2 Å². The molecule has 98 valence electrons. The molecule has 0 aliphatic rings. The van der Waals surface area contributed by atoms with E-state index in [2.05, 4.69) is 49.1 Å². The number of nitrogens with one attached hydrogen (secondary N) is 1. The first-order valence-corrected chi connectivity index (χ1v) is 6.65. The van der Waals surface area contributed by atoms with Gasteiger partial charge in [0, 0.05) is 32.1 Å². The smallest absolute Gasteiger partial charge is 0.0645 e. The molecule has 0 aliphatic heterocycles. The molecule has 17 heavy (non-hydrogen) atoms. The third-order valence-electron chi connectivity index (χ3n) is 2.51. The van der Waals surface area contributed by atoms with Crippen molar-refractivity contribution in [1.29, 1.82) is 0 Å². The first-order chi connectivity index (χ1) is 8.22. The summed E-state index contributed by atoms with van der Waals surface area (Å²) in [5, 5.41) is 3.40. The summed E-state index contributed by atoms with van der Waals surface area (Å²) in [5.41, 5.74) is 1.35. The standard InChI is InChI=1S/C14H26N2O/c1-4-6-15-10-14-5-7-16(11-14)8-9-17-12-13(2)3/h5,7,11,13,15H,4,6,8-10,12H2,1-3H3. The van der Waals surface area contributed by atoms with Crippen LogP contribution >= 0.6 is 0 Å². The maximum absolute atomic E-state index is 5.57. The Hall–Kier alpha value is -0.800. The highest BCUT2D eigenvalue weighted by atomic mass is 16.5. The minimum atomic E-state index is 0.619. The molecule has 0 aromatic carbocycles. The molecule has 0 saturated heterocycles. The first-order valence-electron chi connectivity index (χ1n) is 6.65. The van der Waals surface area contributed by atoms with Gasteiger partial charge in [-0.2, -0.15) is 0 Å². The zero-order chi connectivity index (χ0) is 12.5. The number of nitrogens with zero attached hydrogens (tertiary/aromatic N) is 1. The van der Waals surface area contributed by atoms with Crippen molar-refractivity contribution in [2.45, 2.75) is 40.3 Å². The van der Waals surface area contributed by atoms with Gasteiger partial charge in [0.1, 0.15) is 0 Å². The Labute approximate surface area is 105 Å². The fourth-order valence-corrected chi connectivity index (χ4v) is 1.63. The van der Waals surface area contributed by atoms with Crippen molar-refractivity contribution in [3.63, 3.8) is 0 Å². The summed E-state index contributed by atoms with van der Waals surface area (Å²) < 4.78 is 7.77. The monoisotopic (exact) mass is 238 g/mol. The number of aromatic nitrogens is 1. The van der Waals surface area contributed by atoms with E-state index in [1.54, 1.807) is 0 Å². The minimum absolute atomic E-state index is 0.619. The molecule has 1 heterocycles. The predicted octanol–water partition coefficient (Wildman–Crippen LogP) is 2.66. The Bertz CT molecular complexity index is 294. The third kappa shape index (κ3) is 6.49. The maximum Gasteiger partial charge on any atom is 0.0645 e. The molecule has 0 amide bonds. The van der Waals surface area contributed by atoms with Crippen LogP contribution in [0.15, 0.2) is 18.5 Å². The first kappa shape index (κ1) is 14.3. The Morgan fingerprint density at radius 2 is 2.24 bits per heavy atom. The van der Waals surface area contributed by atoms with Crippen molar-refractivity contribution < 1.29 is 4.74 Å². The van der Waals surface area contributed by atoms with Crippen LogP contribution in [0, 0.1) is 5.92 Å². The normalized spacial score (nSPS) is 11.3. The average Bonchev–Trinajstić information content (AvgIpc) is 2.73. The summed E-state index contributed by atoms with van der Waals surface area (Å²) in [5.74, 6) is 0.619. The fourth-order valence-electron chi connectivity index (χ4n) is 1.63. The van der Waals surface area contributed by atoms with Crippen LogP contribution in [-0.2, 0) is 17.8 Å². The van der Waals surface area contributed by atoms with Gasteiger partial charge in [-0.3, -0.25) is 0 Å². The fraction of sp³-hybridized carbons (Fsp3) is 0.714. The van der Waals surface area contributed by atoms with E-state index in [0.717, 1.165) is 32.8 Å². The number of hydrogen-bond acceptors (Lipinski definition) is 2. The molecule has 3 nitrogen and oxygen atoms in total. The van der Waals surface area contributed by atoms with Crippen LogP contribution in [0.25, 0.3) is 0 Å². The average molecular weight is 238 g/mol. The van der Waals surface area contributed by atoms with Gasteiger partial charge in [0.25, 0.3) is 0 Å². The van der Waals surface area contributed by atoms with Crippen LogP contribution in [0.4, 0.5) is 0 Å². The highest BCUT2D eigenvalue weighted by molar-refractivity contribution is 5.09. The van der Waals surface area contributed by atoms with E-state index in [9.17, 15) is 0 Å². The molecule has 1 N–H and O–H groups in total. The summed E-state index contributed by atoms with van der Waals surface area (Å²) in [6, 6.07) is 2.17. The van der Waals surface area contributed by atoms with Gasteiger partial charge in [-0.15, -0.1) is 0 Å². The van der Waals surface area contributed by atoms with Gasteiger partial charge in [0.15, 0.2) is 0 Å². The molecule has 0 spiro atoms. The lowest BCUT2D eigenvalue weighted by atomic mass is 10.2. The largest absolute Gasteiger partial charge is 0.379 e. The van der Waals surface area contributed by atoms with E-state index < -0.39 is 0 Å². The van der Waals surface area contributed by atoms with Crippen LogP contribution in [0.2, 0.25) is 0 Å². The van der Waals surface area contributed by atoms with Crippen LogP contribution in [0.1, 0.15) is 32.8 Å². The Balaban J connectivity index is 2.16.